The van der Waals surface area contributed by atoms with E-state index in [1.807, 2.05) is 23.4 Å². The number of alkyl halides is 3. The Labute approximate surface area is 182 Å². The van der Waals surface area contributed by atoms with E-state index in [-0.39, 0.29) is 5.56 Å². The van der Waals surface area contributed by atoms with E-state index in [4.69, 9.17) is 14.9 Å². The minimum atomic E-state index is -5.08. The summed E-state index contributed by atoms with van der Waals surface area (Å²) in [6, 6.07) is 0. The number of imidazole rings is 1. The third kappa shape index (κ3) is 5.50. The number of nitrogens with zero attached hydrogens (tertiary/aromatic N) is 6. The minimum Gasteiger partial charge on any atom is -0.475 e. The number of rotatable bonds is 4. The molecule has 1 saturated heterocycles. The topological polar surface area (TPSA) is 109 Å². The van der Waals surface area contributed by atoms with Gasteiger partial charge in [-0.25, -0.2) is 4.79 Å². The van der Waals surface area contributed by atoms with E-state index in [1.54, 1.807) is 18.5 Å². The van der Waals surface area contributed by atoms with Crippen molar-refractivity contribution in [2.75, 3.05) is 49.6 Å². The lowest BCUT2D eigenvalue weighted by Crippen LogP contribution is -2.44. The first-order valence-electron chi connectivity index (χ1n) is 9.86. The predicted octanol–water partition coefficient (Wildman–Crippen LogP) is 0.652. The summed E-state index contributed by atoms with van der Waals surface area (Å²) >= 11 is 0. The molecule has 2 N–H and O–H groups in total. The Morgan fingerprint density at radius 2 is 1.88 bits per heavy atom. The number of halogens is 3. The molecule has 0 unspecified atom stereocenters. The second-order valence-electron chi connectivity index (χ2n) is 6.93. The fourth-order valence-electron chi connectivity index (χ4n) is 3.03. The molecule has 13 heteroatoms. The molecule has 1 fully saturated rings. The first kappa shape index (κ1) is 25.0. The molecule has 2 aromatic heterocycles. The van der Waals surface area contributed by atoms with Gasteiger partial charge >= 0.3 is 12.1 Å². The molecule has 176 valence electrons. The van der Waals surface area contributed by atoms with Gasteiger partial charge in [0.05, 0.1) is 6.54 Å². The number of nitrogens with one attached hydrogen (secondary N) is 1. The van der Waals surface area contributed by atoms with Crippen LogP contribution in [0.1, 0.15) is 13.8 Å². The Morgan fingerprint density at radius 3 is 2.38 bits per heavy atom. The monoisotopic (exact) mass is 457 g/mol. The molecule has 0 aliphatic carbocycles. The molecule has 3 rings (SSSR count). The summed E-state index contributed by atoms with van der Waals surface area (Å²) in [6.45, 7) is 8.53. The maximum Gasteiger partial charge on any atom is 0.490 e. The van der Waals surface area contributed by atoms with Crippen LogP contribution in [0.15, 0.2) is 4.79 Å². The summed E-state index contributed by atoms with van der Waals surface area (Å²) in [7, 11) is 3.67. The largest absolute Gasteiger partial charge is 0.490 e. The molecule has 1 aliphatic rings. The second-order valence-corrected chi connectivity index (χ2v) is 6.93. The van der Waals surface area contributed by atoms with Crippen molar-refractivity contribution in [3.05, 3.63) is 10.4 Å². The third-order valence-electron chi connectivity index (χ3n) is 4.81. The highest BCUT2D eigenvalue weighted by atomic mass is 19.4. The van der Waals surface area contributed by atoms with Gasteiger partial charge in [0.2, 0.25) is 11.9 Å². The highest BCUT2D eigenvalue weighted by molar-refractivity contribution is 5.76. The van der Waals surface area contributed by atoms with Gasteiger partial charge in [0, 0.05) is 46.8 Å². The summed E-state index contributed by atoms with van der Waals surface area (Å²) in [5.74, 6) is 4.61. The second kappa shape index (κ2) is 10.4. The van der Waals surface area contributed by atoms with E-state index >= 15 is 0 Å². The average Bonchev–Trinajstić information content (AvgIpc) is 3.13. The molecule has 1 aliphatic heterocycles. The van der Waals surface area contributed by atoms with Crippen LogP contribution in [0.2, 0.25) is 0 Å². The fourth-order valence-corrected chi connectivity index (χ4v) is 3.03. The molecular weight excluding hydrogens is 431 g/mol. The number of carbonyl (C=O) groups is 1. The first-order valence-corrected chi connectivity index (χ1v) is 9.86. The summed E-state index contributed by atoms with van der Waals surface area (Å²) in [6.07, 6.45) is -5.08. The summed E-state index contributed by atoms with van der Waals surface area (Å²) in [5, 5.41) is 10.5. The molecule has 0 bridgehead atoms. The highest BCUT2D eigenvalue weighted by Gasteiger charge is 2.38. The van der Waals surface area contributed by atoms with E-state index in [1.165, 1.54) is 0 Å². The number of piperazine rings is 1. The van der Waals surface area contributed by atoms with Crippen LogP contribution in [-0.4, -0.2) is 76.1 Å². The SMILES string of the molecule is CC#CCn1c(N2CCNCC2)nc2nc(N(C)CC)n(C)c(=O)c21.O=C(O)C(F)(F)F. The maximum absolute atomic E-state index is 13.0. The molecule has 0 atom stereocenters. The Morgan fingerprint density at radius 1 is 1.28 bits per heavy atom. The van der Waals surface area contributed by atoms with Crippen LogP contribution in [0, 0.1) is 11.8 Å². The molecule has 0 amide bonds. The number of carboxylic acids is 1. The predicted molar refractivity (Wildman–Crippen MR) is 114 cm³/mol. The molecule has 3 heterocycles. The number of fused-ring (bicyclic) bond motifs is 1. The van der Waals surface area contributed by atoms with Crippen LogP contribution in [0.4, 0.5) is 25.1 Å². The zero-order chi connectivity index (χ0) is 24.1. The fraction of sp³-hybridized carbons (Fsp3) is 0.579. The lowest BCUT2D eigenvalue weighted by molar-refractivity contribution is -0.192. The van der Waals surface area contributed by atoms with Crippen molar-refractivity contribution < 1.29 is 23.1 Å². The smallest absolute Gasteiger partial charge is 0.475 e. The number of hydrogen-bond donors (Lipinski definition) is 2. The zero-order valence-corrected chi connectivity index (χ0v) is 18.3. The van der Waals surface area contributed by atoms with Gasteiger partial charge in [-0.3, -0.25) is 13.9 Å². The van der Waals surface area contributed by atoms with E-state index in [9.17, 15) is 18.0 Å². The lowest BCUT2D eigenvalue weighted by atomic mass is 10.4. The zero-order valence-electron chi connectivity index (χ0n) is 18.3. The molecule has 32 heavy (non-hydrogen) atoms. The van der Waals surface area contributed by atoms with Gasteiger partial charge in [-0.15, -0.1) is 5.92 Å². The standard InChI is InChI=1S/C17H25N7O.C2HF3O2/c1-5-7-10-24-13-14(20-17(24)23-11-8-18-9-12-23)19-16(21(3)6-2)22(4)15(13)25;3-2(4,5)1(6)7/h18H,6,8-12H2,1-4H3;(H,6,7). The molecule has 0 saturated carbocycles. The van der Waals surface area contributed by atoms with Crippen LogP contribution < -0.4 is 20.7 Å². The van der Waals surface area contributed by atoms with Crippen molar-refractivity contribution in [2.45, 2.75) is 26.6 Å². The van der Waals surface area contributed by atoms with Crippen LogP contribution in [0.5, 0.6) is 0 Å². The number of carboxylic acid groups (broad SMARTS) is 1. The van der Waals surface area contributed by atoms with Gasteiger partial charge in [-0.05, 0) is 13.8 Å². The summed E-state index contributed by atoms with van der Waals surface area (Å²) in [5.41, 5.74) is 0.920. The van der Waals surface area contributed by atoms with Crippen molar-refractivity contribution in [3.63, 3.8) is 0 Å². The number of hydrogen-bond acceptors (Lipinski definition) is 7. The quantitative estimate of drug-likeness (QED) is 0.645. The Hall–Kier alpha value is -3.27. The van der Waals surface area contributed by atoms with Gasteiger partial charge in [-0.1, -0.05) is 5.92 Å². The highest BCUT2D eigenvalue weighted by Crippen LogP contribution is 2.21. The van der Waals surface area contributed by atoms with Crippen molar-refractivity contribution >= 4 is 29.0 Å². The number of aromatic nitrogens is 4. The van der Waals surface area contributed by atoms with E-state index in [0.717, 1.165) is 38.7 Å². The average molecular weight is 457 g/mol. The van der Waals surface area contributed by atoms with Gasteiger partial charge in [-0.2, -0.15) is 23.1 Å². The maximum atomic E-state index is 13.0. The Balaban J connectivity index is 0.000000451. The van der Waals surface area contributed by atoms with E-state index in [0.29, 0.717) is 23.7 Å². The van der Waals surface area contributed by atoms with Gasteiger partial charge in [0.1, 0.15) is 0 Å². The van der Waals surface area contributed by atoms with Crippen molar-refractivity contribution in [2.24, 2.45) is 7.05 Å². The van der Waals surface area contributed by atoms with Gasteiger partial charge in [0.25, 0.3) is 5.56 Å². The molecule has 0 aromatic carbocycles. The molecule has 2 aromatic rings. The summed E-state index contributed by atoms with van der Waals surface area (Å²) < 4.78 is 35.2. The van der Waals surface area contributed by atoms with Crippen LogP contribution in [-0.2, 0) is 18.4 Å². The van der Waals surface area contributed by atoms with Gasteiger partial charge in [0.15, 0.2) is 11.2 Å². The first-order chi connectivity index (χ1) is 15.0. The van der Waals surface area contributed by atoms with Crippen molar-refractivity contribution in [3.8, 4) is 11.8 Å². The molecule has 10 nitrogen and oxygen atoms in total. The Bertz CT molecular complexity index is 1080. The molecule has 0 radical (unpaired) electrons. The third-order valence-corrected chi connectivity index (χ3v) is 4.81. The van der Waals surface area contributed by atoms with Crippen LogP contribution in [0.25, 0.3) is 11.2 Å². The Kier molecular flexibility index (Phi) is 8.09. The molecule has 0 spiro atoms. The van der Waals surface area contributed by atoms with Crippen molar-refractivity contribution in [1.29, 1.82) is 0 Å². The summed E-state index contributed by atoms with van der Waals surface area (Å²) in [4.78, 5) is 35.4. The van der Waals surface area contributed by atoms with E-state index in [2.05, 4.69) is 27.0 Å². The molecular formula is C19H26F3N7O3. The minimum absolute atomic E-state index is 0.0907. The van der Waals surface area contributed by atoms with Crippen LogP contribution in [0.3, 0.4) is 0 Å². The van der Waals surface area contributed by atoms with Crippen LogP contribution >= 0.6 is 0 Å². The van der Waals surface area contributed by atoms with Gasteiger partial charge < -0.3 is 20.2 Å². The normalized spacial score (nSPS) is 13.8. The van der Waals surface area contributed by atoms with Crippen molar-refractivity contribution in [1.82, 2.24) is 24.4 Å². The number of aliphatic carboxylic acids is 1. The van der Waals surface area contributed by atoms with E-state index < -0.39 is 12.1 Å². The number of anilines is 2. The lowest BCUT2D eigenvalue weighted by Gasteiger charge is -2.28.